The van der Waals surface area contributed by atoms with Gasteiger partial charge in [0, 0.05) is 16.6 Å². The first kappa shape index (κ1) is 14.0. The minimum atomic E-state index is -0.956. The van der Waals surface area contributed by atoms with Crippen LogP contribution in [0.1, 0.15) is 36.7 Å². The quantitative estimate of drug-likeness (QED) is 0.750. The Morgan fingerprint density at radius 2 is 2.06 bits per heavy atom. The van der Waals surface area contributed by atoms with E-state index in [-0.39, 0.29) is 11.1 Å². The van der Waals surface area contributed by atoms with Gasteiger partial charge in [0.25, 0.3) is 0 Å². The predicted molar refractivity (Wildman–Crippen MR) is 72.1 cm³/mol. The molecule has 4 nitrogen and oxygen atoms in total. The highest BCUT2D eigenvalue weighted by Crippen LogP contribution is 2.26. The molecule has 0 saturated heterocycles. The third kappa shape index (κ3) is 4.02. The molecule has 5 heteroatoms. The first-order valence-electron chi connectivity index (χ1n) is 5.27. The van der Waals surface area contributed by atoms with Gasteiger partial charge in [-0.25, -0.2) is 4.79 Å². The van der Waals surface area contributed by atoms with Crippen LogP contribution >= 0.6 is 15.9 Å². The summed E-state index contributed by atoms with van der Waals surface area (Å²) < 4.78 is 0.614. The van der Waals surface area contributed by atoms with E-state index in [0.29, 0.717) is 16.7 Å². The molecule has 1 aromatic carbocycles. The molecule has 94 valence electrons. The van der Waals surface area contributed by atoms with Crippen LogP contribution in [0.3, 0.4) is 0 Å². The van der Waals surface area contributed by atoms with Crippen LogP contribution in [0.25, 0.3) is 0 Å². The predicted octanol–water partition coefficient (Wildman–Crippen LogP) is 2.62. The van der Waals surface area contributed by atoms with E-state index >= 15 is 0 Å². The summed E-state index contributed by atoms with van der Waals surface area (Å²) in [4.78, 5) is 10.9. The molecule has 4 N–H and O–H groups in total. The molecule has 0 radical (unpaired) electrons. The van der Waals surface area contributed by atoms with Crippen molar-refractivity contribution < 1.29 is 9.90 Å². The molecule has 0 spiro atoms. The number of hydrogen-bond donors (Lipinski definition) is 3. The lowest BCUT2D eigenvalue weighted by Crippen LogP contribution is -2.35. The molecule has 0 aliphatic carbocycles. The Balaban J connectivity index is 3.02. The molecule has 0 fully saturated rings. The van der Waals surface area contributed by atoms with E-state index in [9.17, 15) is 4.79 Å². The number of carboxylic acid groups (broad SMARTS) is 1. The van der Waals surface area contributed by atoms with Crippen molar-refractivity contribution in [3.05, 3.63) is 27.7 Å². The highest BCUT2D eigenvalue weighted by molar-refractivity contribution is 9.10. The van der Waals surface area contributed by atoms with Crippen molar-refractivity contribution in [2.75, 3.05) is 5.73 Å². The maximum absolute atomic E-state index is 10.9. The van der Waals surface area contributed by atoms with E-state index in [4.69, 9.17) is 10.8 Å². The number of nitrogens with one attached hydrogen (secondary N) is 1. The Labute approximate surface area is 109 Å². The molecule has 0 saturated carbocycles. The number of halogens is 1. The molecule has 0 unspecified atom stereocenters. The van der Waals surface area contributed by atoms with E-state index in [2.05, 4.69) is 21.2 Å². The molecule has 0 aliphatic rings. The fraction of sp³-hybridized carbons (Fsp3) is 0.417. The second kappa shape index (κ2) is 5.06. The van der Waals surface area contributed by atoms with Crippen LogP contribution in [0.5, 0.6) is 0 Å². The fourth-order valence-corrected chi connectivity index (χ4v) is 1.81. The summed E-state index contributed by atoms with van der Waals surface area (Å²) in [5.41, 5.74) is 7.45. The molecular weight excluding hydrogens is 284 g/mol. The van der Waals surface area contributed by atoms with Crippen molar-refractivity contribution in [2.45, 2.75) is 32.9 Å². The molecule has 0 aliphatic heterocycles. The van der Waals surface area contributed by atoms with Gasteiger partial charge in [-0.15, -0.1) is 0 Å². The third-order valence-electron chi connectivity index (χ3n) is 2.27. The van der Waals surface area contributed by atoms with Crippen LogP contribution in [-0.2, 0) is 6.54 Å². The largest absolute Gasteiger partial charge is 0.478 e. The molecule has 0 atom stereocenters. The third-order valence-corrected chi connectivity index (χ3v) is 2.93. The number of carboxylic acids is 1. The highest BCUT2D eigenvalue weighted by Gasteiger charge is 2.13. The van der Waals surface area contributed by atoms with Crippen molar-refractivity contribution in [3.63, 3.8) is 0 Å². The topological polar surface area (TPSA) is 75.3 Å². The zero-order chi connectivity index (χ0) is 13.2. The number of hydrogen-bond acceptors (Lipinski definition) is 3. The van der Waals surface area contributed by atoms with Gasteiger partial charge in [-0.2, -0.15) is 0 Å². The van der Waals surface area contributed by atoms with Crippen LogP contribution in [0, 0.1) is 0 Å². The summed E-state index contributed by atoms with van der Waals surface area (Å²) in [7, 11) is 0. The summed E-state index contributed by atoms with van der Waals surface area (Å²) >= 11 is 3.27. The second-order valence-electron chi connectivity index (χ2n) is 4.94. The summed E-state index contributed by atoms with van der Waals surface area (Å²) in [6.45, 7) is 6.66. The zero-order valence-corrected chi connectivity index (χ0v) is 11.8. The Morgan fingerprint density at radius 1 is 1.47 bits per heavy atom. The molecule has 1 aromatic rings. The number of nitrogen functional groups attached to an aromatic ring is 1. The van der Waals surface area contributed by atoms with Crippen molar-refractivity contribution in [2.24, 2.45) is 0 Å². The average molecular weight is 301 g/mol. The number of nitrogens with two attached hydrogens (primary N) is 1. The molecule has 17 heavy (non-hydrogen) atoms. The summed E-state index contributed by atoms with van der Waals surface area (Å²) in [5.74, 6) is -0.956. The Kier molecular flexibility index (Phi) is 4.16. The van der Waals surface area contributed by atoms with Gasteiger partial charge in [0.15, 0.2) is 0 Å². The van der Waals surface area contributed by atoms with Gasteiger partial charge < -0.3 is 16.2 Å². The number of rotatable bonds is 3. The Morgan fingerprint density at radius 3 is 2.53 bits per heavy atom. The second-order valence-corrected chi connectivity index (χ2v) is 5.79. The van der Waals surface area contributed by atoms with Gasteiger partial charge in [-0.05, 0) is 54.4 Å². The van der Waals surface area contributed by atoms with Gasteiger partial charge in [-0.1, -0.05) is 0 Å². The maximum atomic E-state index is 10.9. The summed E-state index contributed by atoms with van der Waals surface area (Å²) in [6, 6.07) is 3.11. The molecule has 0 amide bonds. The number of aromatic carboxylic acids is 1. The van der Waals surface area contributed by atoms with Gasteiger partial charge >= 0.3 is 5.97 Å². The first-order valence-corrected chi connectivity index (χ1v) is 6.06. The lowest BCUT2D eigenvalue weighted by molar-refractivity contribution is 0.0696. The van der Waals surface area contributed by atoms with Crippen molar-refractivity contribution >= 4 is 27.6 Å². The summed E-state index contributed by atoms with van der Waals surface area (Å²) in [6.07, 6.45) is 0. The normalized spacial score (nSPS) is 11.5. The van der Waals surface area contributed by atoms with Crippen LogP contribution in [0.2, 0.25) is 0 Å². The molecule has 0 aromatic heterocycles. The fourth-order valence-electron chi connectivity index (χ4n) is 1.30. The molecule has 1 rings (SSSR count). The van der Waals surface area contributed by atoms with Crippen molar-refractivity contribution in [1.29, 1.82) is 0 Å². The standard InChI is InChI=1S/C12H17BrN2O2/c1-12(2,3)15-6-8-4-7(11(16)17)5-9(13)10(8)14/h4-5,15H,6,14H2,1-3H3,(H,16,17). The van der Waals surface area contributed by atoms with Crippen LogP contribution in [0.15, 0.2) is 16.6 Å². The SMILES string of the molecule is CC(C)(C)NCc1cc(C(=O)O)cc(Br)c1N. The lowest BCUT2D eigenvalue weighted by Gasteiger charge is -2.21. The maximum Gasteiger partial charge on any atom is 0.335 e. The lowest BCUT2D eigenvalue weighted by atomic mass is 10.1. The number of carbonyl (C=O) groups is 1. The molecule has 0 bridgehead atoms. The van der Waals surface area contributed by atoms with Gasteiger partial charge in [0.1, 0.15) is 0 Å². The van der Waals surface area contributed by atoms with Crippen molar-refractivity contribution in [3.8, 4) is 0 Å². The van der Waals surface area contributed by atoms with E-state index in [1.54, 1.807) is 6.07 Å². The van der Waals surface area contributed by atoms with Crippen LogP contribution in [0.4, 0.5) is 5.69 Å². The van der Waals surface area contributed by atoms with E-state index in [1.165, 1.54) is 6.07 Å². The van der Waals surface area contributed by atoms with Gasteiger partial charge in [0.2, 0.25) is 0 Å². The van der Waals surface area contributed by atoms with E-state index < -0.39 is 5.97 Å². The monoisotopic (exact) mass is 300 g/mol. The van der Waals surface area contributed by atoms with Gasteiger partial charge in [0.05, 0.1) is 11.3 Å². The number of anilines is 1. The number of benzene rings is 1. The summed E-state index contributed by atoms with van der Waals surface area (Å²) in [5, 5.41) is 12.2. The van der Waals surface area contributed by atoms with Crippen molar-refractivity contribution in [1.82, 2.24) is 5.32 Å². The minimum Gasteiger partial charge on any atom is -0.478 e. The minimum absolute atomic E-state index is 0.0435. The average Bonchev–Trinajstić information content (AvgIpc) is 2.18. The molecular formula is C12H17BrN2O2. The van der Waals surface area contributed by atoms with Crippen LogP contribution < -0.4 is 11.1 Å². The first-order chi connectivity index (χ1) is 7.70. The smallest absolute Gasteiger partial charge is 0.335 e. The highest BCUT2D eigenvalue weighted by atomic mass is 79.9. The van der Waals surface area contributed by atoms with Gasteiger partial charge in [-0.3, -0.25) is 0 Å². The Bertz CT molecular complexity index is 439. The molecule has 0 heterocycles. The zero-order valence-electron chi connectivity index (χ0n) is 10.2. The van der Waals surface area contributed by atoms with E-state index in [1.807, 2.05) is 20.8 Å². The van der Waals surface area contributed by atoms with Crippen LogP contribution in [-0.4, -0.2) is 16.6 Å². The Hall–Kier alpha value is -1.07. The van der Waals surface area contributed by atoms with E-state index in [0.717, 1.165) is 5.56 Å².